The Kier molecular flexibility index (Phi) is 6.28. The van der Waals surface area contributed by atoms with Gasteiger partial charge < -0.3 is 0 Å². The molecule has 0 fully saturated rings. The fourth-order valence-electron chi connectivity index (χ4n) is 2.88. The van der Waals surface area contributed by atoms with Crippen molar-refractivity contribution in [3.05, 3.63) is 132 Å². The summed E-state index contributed by atoms with van der Waals surface area (Å²) >= 11 is 0. The average molecular weight is 388 g/mol. The molecule has 0 radical (unpaired) electrons. The molecular formula is C26H20N4. The van der Waals surface area contributed by atoms with Gasteiger partial charge in [0, 0.05) is 11.1 Å². The summed E-state index contributed by atoms with van der Waals surface area (Å²) in [6.45, 7) is 0. The van der Waals surface area contributed by atoms with Gasteiger partial charge >= 0.3 is 0 Å². The van der Waals surface area contributed by atoms with Crippen molar-refractivity contribution in [2.24, 2.45) is 20.5 Å². The van der Waals surface area contributed by atoms with Gasteiger partial charge in [-0.15, -0.1) is 10.2 Å². The van der Waals surface area contributed by atoms with Gasteiger partial charge in [-0.3, -0.25) is 0 Å². The maximum atomic E-state index is 4.60. The molecule has 0 aliphatic heterocycles. The molecule has 4 aromatic carbocycles. The second-order valence-electron chi connectivity index (χ2n) is 6.50. The quantitative estimate of drug-likeness (QED) is 0.237. The third-order valence-electron chi connectivity index (χ3n) is 4.36. The number of hydrogen-bond donors (Lipinski definition) is 0. The Labute approximate surface area is 176 Å². The van der Waals surface area contributed by atoms with Crippen LogP contribution in [-0.4, -0.2) is 0 Å². The molecule has 30 heavy (non-hydrogen) atoms. The lowest BCUT2D eigenvalue weighted by atomic mass is 10.1. The summed E-state index contributed by atoms with van der Waals surface area (Å²) in [6.07, 6.45) is 0. The van der Waals surface area contributed by atoms with Gasteiger partial charge in [-0.05, 0) is 24.3 Å². The first-order valence-corrected chi connectivity index (χ1v) is 9.69. The molecule has 4 heteroatoms. The van der Waals surface area contributed by atoms with Crippen molar-refractivity contribution >= 4 is 22.8 Å². The van der Waals surface area contributed by atoms with E-state index < -0.39 is 0 Å². The fraction of sp³-hybridized carbons (Fsp3) is 0. The molecule has 0 amide bonds. The van der Waals surface area contributed by atoms with Crippen molar-refractivity contribution in [1.82, 2.24) is 0 Å². The van der Waals surface area contributed by atoms with Gasteiger partial charge in [0.05, 0.1) is 11.4 Å². The molecule has 0 aliphatic rings. The van der Waals surface area contributed by atoms with Crippen LogP contribution in [-0.2, 0) is 0 Å². The zero-order valence-electron chi connectivity index (χ0n) is 16.3. The van der Waals surface area contributed by atoms with E-state index in [-0.39, 0.29) is 0 Å². The summed E-state index contributed by atoms with van der Waals surface area (Å²) in [6, 6.07) is 39.2. The predicted octanol–water partition coefficient (Wildman–Crippen LogP) is 8.08. The summed E-state index contributed by atoms with van der Waals surface area (Å²) in [4.78, 5) is 0. The minimum atomic E-state index is 0.658. The number of azo groups is 2. The molecule has 4 rings (SSSR count). The summed E-state index contributed by atoms with van der Waals surface area (Å²) in [7, 11) is 0. The van der Waals surface area contributed by atoms with Crippen LogP contribution in [0.25, 0.3) is 11.4 Å². The third-order valence-corrected chi connectivity index (χ3v) is 4.36. The van der Waals surface area contributed by atoms with E-state index in [0.717, 1.165) is 22.5 Å². The van der Waals surface area contributed by atoms with E-state index in [4.69, 9.17) is 0 Å². The topological polar surface area (TPSA) is 49.4 Å². The lowest BCUT2D eigenvalue weighted by Crippen LogP contribution is -1.88. The minimum absolute atomic E-state index is 0.658. The molecule has 0 N–H and O–H groups in total. The molecule has 0 saturated carbocycles. The van der Waals surface area contributed by atoms with Crippen molar-refractivity contribution < 1.29 is 0 Å². The molecule has 0 unspecified atom stereocenters. The first-order chi connectivity index (χ1) is 14.9. The Morgan fingerprint density at radius 2 is 0.667 bits per heavy atom. The van der Waals surface area contributed by atoms with Gasteiger partial charge in [-0.25, -0.2) is 0 Å². The van der Waals surface area contributed by atoms with E-state index in [1.165, 1.54) is 0 Å². The van der Waals surface area contributed by atoms with Gasteiger partial charge in [0.2, 0.25) is 0 Å². The Bertz CT molecular complexity index is 1060. The maximum Gasteiger partial charge on any atom is 0.121 e. The smallest absolute Gasteiger partial charge is 0.121 e. The molecule has 0 bridgehead atoms. The number of benzene rings is 4. The molecule has 0 saturated heterocycles. The molecule has 0 atom stereocenters. The average Bonchev–Trinajstić information content (AvgIpc) is 2.83. The summed E-state index contributed by atoms with van der Waals surface area (Å²) in [5.74, 6) is 0. The number of rotatable bonds is 6. The maximum absolute atomic E-state index is 4.60. The Morgan fingerprint density at radius 1 is 0.367 bits per heavy atom. The van der Waals surface area contributed by atoms with Crippen molar-refractivity contribution in [1.29, 1.82) is 0 Å². The van der Waals surface area contributed by atoms with E-state index >= 15 is 0 Å². The molecule has 4 nitrogen and oxygen atoms in total. The van der Waals surface area contributed by atoms with Crippen LogP contribution in [0.3, 0.4) is 0 Å². The monoisotopic (exact) mass is 388 g/mol. The summed E-state index contributed by atoms with van der Waals surface area (Å²) < 4.78 is 0. The minimum Gasteiger partial charge on any atom is -0.150 e. The highest BCUT2D eigenvalue weighted by Crippen LogP contribution is 2.31. The van der Waals surface area contributed by atoms with Crippen LogP contribution in [0.5, 0.6) is 0 Å². The zero-order chi connectivity index (χ0) is 20.4. The number of hydrogen-bond acceptors (Lipinski definition) is 4. The zero-order valence-corrected chi connectivity index (χ0v) is 16.3. The van der Waals surface area contributed by atoms with Gasteiger partial charge in [-0.1, -0.05) is 97.1 Å². The van der Waals surface area contributed by atoms with Gasteiger partial charge in [0.15, 0.2) is 0 Å². The van der Waals surface area contributed by atoms with Crippen LogP contribution in [0.1, 0.15) is 11.1 Å². The van der Waals surface area contributed by atoms with Crippen molar-refractivity contribution in [2.45, 2.75) is 0 Å². The van der Waals surface area contributed by atoms with Gasteiger partial charge in [0.1, 0.15) is 11.4 Å². The number of nitrogens with zero attached hydrogens (tertiary/aromatic N) is 4. The Balaban J connectivity index is 1.88. The molecule has 0 aliphatic carbocycles. The van der Waals surface area contributed by atoms with Crippen molar-refractivity contribution in [2.75, 3.05) is 0 Å². The van der Waals surface area contributed by atoms with Crippen molar-refractivity contribution in [3.63, 3.8) is 0 Å². The normalized spacial score (nSPS) is 12.3. The molecular weight excluding hydrogens is 368 g/mol. The molecule has 144 valence electrons. The molecule has 0 heterocycles. The predicted molar refractivity (Wildman–Crippen MR) is 122 cm³/mol. The second-order valence-corrected chi connectivity index (χ2v) is 6.50. The van der Waals surface area contributed by atoms with Crippen LogP contribution in [0.2, 0.25) is 0 Å². The van der Waals surface area contributed by atoms with Gasteiger partial charge in [-0.2, -0.15) is 10.2 Å². The molecule has 0 spiro atoms. The van der Waals surface area contributed by atoms with Crippen LogP contribution < -0.4 is 0 Å². The highest BCUT2D eigenvalue weighted by molar-refractivity contribution is 5.89. The standard InChI is InChI=1S/C26H20N4/c1-5-13-21(14-6-1)25(29-27-23-17-9-3-10-18-23)26(22-15-7-2-8-16-22)30-28-24-19-11-4-12-20-24/h1-20H/b26-25-,29-27?,30-28?. The second kappa shape index (κ2) is 9.85. The Morgan fingerprint density at radius 3 is 1.00 bits per heavy atom. The molecule has 0 aromatic heterocycles. The van der Waals surface area contributed by atoms with E-state index in [1.807, 2.05) is 121 Å². The first-order valence-electron chi connectivity index (χ1n) is 9.69. The highest BCUT2D eigenvalue weighted by atomic mass is 15.2. The van der Waals surface area contributed by atoms with Gasteiger partial charge in [0.25, 0.3) is 0 Å². The first kappa shape index (κ1) is 19.2. The largest absolute Gasteiger partial charge is 0.150 e. The summed E-state index contributed by atoms with van der Waals surface area (Å²) in [5, 5.41) is 18.1. The van der Waals surface area contributed by atoms with E-state index in [1.54, 1.807) is 0 Å². The van der Waals surface area contributed by atoms with Crippen LogP contribution in [0.4, 0.5) is 11.4 Å². The lowest BCUT2D eigenvalue weighted by Gasteiger charge is -2.08. The summed E-state index contributed by atoms with van der Waals surface area (Å²) in [5.41, 5.74) is 4.71. The highest BCUT2D eigenvalue weighted by Gasteiger charge is 2.12. The van der Waals surface area contributed by atoms with Crippen LogP contribution >= 0.6 is 0 Å². The van der Waals surface area contributed by atoms with E-state index in [2.05, 4.69) is 20.5 Å². The SMILES string of the molecule is c1ccc(N=N/C(=C(\N=Nc2ccccc2)c2ccccc2)c2ccccc2)cc1. The van der Waals surface area contributed by atoms with Crippen LogP contribution in [0.15, 0.2) is 142 Å². The molecule has 4 aromatic rings. The third kappa shape index (κ3) is 5.00. The lowest BCUT2D eigenvalue weighted by molar-refractivity contribution is 1.20. The van der Waals surface area contributed by atoms with E-state index in [9.17, 15) is 0 Å². The van der Waals surface area contributed by atoms with Crippen molar-refractivity contribution in [3.8, 4) is 0 Å². The Hall–Kier alpha value is -4.18. The van der Waals surface area contributed by atoms with Crippen LogP contribution in [0, 0.1) is 0 Å². The van der Waals surface area contributed by atoms with E-state index in [0.29, 0.717) is 11.4 Å². The fourth-order valence-corrected chi connectivity index (χ4v) is 2.88.